The number of nitro benzene ring substituents is 1. The molecule has 2 rings (SSSR count). The number of hydrogen-bond donors (Lipinski definition) is 1. The van der Waals surface area contributed by atoms with Crippen LogP contribution in [0.15, 0.2) is 24.3 Å². The molecule has 1 saturated heterocycles. The fourth-order valence-corrected chi connectivity index (χ4v) is 3.36. The minimum atomic E-state index is -1.47. The molecule has 1 atom stereocenters. The van der Waals surface area contributed by atoms with Crippen LogP contribution in [0.4, 0.5) is 10.5 Å². The fraction of sp³-hybridized carbons (Fsp3) is 0.550. The molecule has 1 aliphatic heterocycles. The van der Waals surface area contributed by atoms with Crippen molar-refractivity contribution in [3.63, 3.8) is 0 Å². The molecule has 0 bridgehead atoms. The van der Waals surface area contributed by atoms with Gasteiger partial charge >= 0.3 is 6.03 Å². The lowest BCUT2D eigenvalue weighted by molar-refractivity contribution is -0.385. The van der Waals surface area contributed by atoms with E-state index in [-0.39, 0.29) is 30.0 Å². The van der Waals surface area contributed by atoms with Crippen LogP contribution in [0.1, 0.15) is 40.2 Å². The van der Waals surface area contributed by atoms with Crippen LogP contribution in [0.3, 0.4) is 0 Å². The first-order valence-electron chi connectivity index (χ1n) is 9.62. The van der Waals surface area contributed by atoms with E-state index in [9.17, 15) is 24.5 Å². The lowest BCUT2D eigenvalue weighted by Crippen LogP contribution is -2.46. The molecule has 0 spiro atoms. The molecule has 0 aliphatic carbocycles. The number of nitrogens with zero attached hydrogens (tertiary/aromatic N) is 3. The number of nitrogens with one attached hydrogen (secondary N) is 1. The van der Waals surface area contributed by atoms with Crippen LogP contribution in [0.5, 0.6) is 0 Å². The first kappa shape index (κ1) is 22.3. The molecule has 1 N–H and O–H groups in total. The molecule has 0 radical (unpaired) electrons. The number of carbonyl (C=O) groups excluding carboxylic acids is 3. The van der Waals surface area contributed by atoms with E-state index in [0.717, 1.165) is 4.90 Å². The summed E-state index contributed by atoms with van der Waals surface area (Å²) in [5, 5.41) is 13.6. The van der Waals surface area contributed by atoms with E-state index in [4.69, 9.17) is 0 Å². The summed E-state index contributed by atoms with van der Waals surface area (Å²) in [4.78, 5) is 51.4. The molecule has 1 aliphatic rings. The van der Waals surface area contributed by atoms with Crippen LogP contribution in [0.25, 0.3) is 0 Å². The van der Waals surface area contributed by atoms with Crippen LogP contribution >= 0.6 is 0 Å². The van der Waals surface area contributed by atoms with Gasteiger partial charge in [-0.2, -0.15) is 0 Å². The maximum Gasteiger partial charge on any atom is 0.325 e. The predicted octanol–water partition coefficient (Wildman–Crippen LogP) is 2.50. The lowest BCUT2D eigenvalue weighted by Gasteiger charge is -2.28. The summed E-state index contributed by atoms with van der Waals surface area (Å²) in [5.41, 5.74) is -1.36. The van der Waals surface area contributed by atoms with Crippen molar-refractivity contribution in [1.29, 1.82) is 0 Å². The largest absolute Gasteiger partial charge is 0.341 e. The predicted molar refractivity (Wildman–Crippen MR) is 107 cm³/mol. The third kappa shape index (κ3) is 4.90. The molecule has 29 heavy (non-hydrogen) atoms. The maximum absolute atomic E-state index is 13.0. The van der Waals surface area contributed by atoms with Crippen LogP contribution in [0, 0.1) is 22.0 Å². The van der Waals surface area contributed by atoms with E-state index in [1.54, 1.807) is 11.0 Å². The second kappa shape index (κ2) is 8.59. The zero-order chi connectivity index (χ0) is 21.9. The minimum absolute atomic E-state index is 0.180. The van der Waals surface area contributed by atoms with Gasteiger partial charge in [-0.15, -0.1) is 0 Å². The van der Waals surface area contributed by atoms with E-state index in [1.165, 1.54) is 25.1 Å². The SMILES string of the molecule is CC(C)CN(CC(C)C)C(=O)CN1C(=O)NC(C)(c2cccc([N+](=O)[O-])c2)C1=O. The molecule has 9 heteroatoms. The van der Waals surface area contributed by atoms with Gasteiger partial charge in [0.1, 0.15) is 12.1 Å². The summed E-state index contributed by atoms with van der Waals surface area (Å²) in [6.07, 6.45) is 0. The van der Waals surface area contributed by atoms with Crippen molar-refractivity contribution in [2.24, 2.45) is 11.8 Å². The van der Waals surface area contributed by atoms with Crippen molar-refractivity contribution >= 4 is 23.5 Å². The van der Waals surface area contributed by atoms with Gasteiger partial charge in [0, 0.05) is 25.2 Å². The number of nitro groups is 1. The Morgan fingerprint density at radius 1 is 1.21 bits per heavy atom. The topological polar surface area (TPSA) is 113 Å². The standard InChI is InChI=1S/C20H28N4O5/c1-13(2)10-22(11-14(3)4)17(25)12-23-18(26)20(5,21-19(23)27)15-7-6-8-16(9-15)24(28)29/h6-9,13-14H,10-12H2,1-5H3,(H,21,27). The number of non-ortho nitro benzene ring substituents is 1. The Balaban J connectivity index is 2.24. The Bertz CT molecular complexity index is 813. The van der Waals surface area contributed by atoms with E-state index in [1.807, 2.05) is 27.7 Å². The van der Waals surface area contributed by atoms with Crippen molar-refractivity contribution in [2.75, 3.05) is 19.6 Å². The van der Waals surface area contributed by atoms with Crippen molar-refractivity contribution < 1.29 is 19.3 Å². The van der Waals surface area contributed by atoms with Crippen LogP contribution < -0.4 is 5.32 Å². The molecule has 0 saturated carbocycles. The van der Waals surface area contributed by atoms with Gasteiger partial charge < -0.3 is 10.2 Å². The highest BCUT2D eigenvalue weighted by atomic mass is 16.6. The molecular formula is C20H28N4O5. The third-order valence-corrected chi connectivity index (χ3v) is 4.73. The number of amides is 4. The Kier molecular flexibility index (Phi) is 6.61. The van der Waals surface area contributed by atoms with Gasteiger partial charge in [0.15, 0.2) is 0 Å². The number of benzene rings is 1. The molecule has 0 aromatic heterocycles. The molecule has 1 aromatic rings. The normalized spacial score (nSPS) is 19.1. The van der Waals surface area contributed by atoms with E-state index < -0.39 is 22.4 Å². The van der Waals surface area contributed by atoms with Gasteiger partial charge in [-0.05, 0) is 24.3 Å². The molecular weight excluding hydrogens is 376 g/mol. The summed E-state index contributed by atoms with van der Waals surface area (Å²) < 4.78 is 0. The van der Waals surface area contributed by atoms with E-state index in [0.29, 0.717) is 18.7 Å². The van der Waals surface area contributed by atoms with Gasteiger partial charge in [-0.25, -0.2) is 4.79 Å². The van der Waals surface area contributed by atoms with Crippen LogP contribution in [0.2, 0.25) is 0 Å². The third-order valence-electron chi connectivity index (χ3n) is 4.73. The van der Waals surface area contributed by atoms with Crippen LogP contribution in [-0.4, -0.2) is 52.2 Å². The summed E-state index contributed by atoms with van der Waals surface area (Å²) in [6.45, 7) is 10.2. The monoisotopic (exact) mass is 404 g/mol. The highest BCUT2D eigenvalue weighted by molar-refractivity contribution is 6.09. The number of hydrogen-bond acceptors (Lipinski definition) is 5. The Morgan fingerprint density at radius 2 is 1.79 bits per heavy atom. The first-order chi connectivity index (χ1) is 13.5. The fourth-order valence-electron chi connectivity index (χ4n) is 3.36. The smallest absolute Gasteiger partial charge is 0.325 e. The molecule has 1 heterocycles. The van der Waals surface area contributed by atoms with Gasteiger partial charge in [0.05, 0.1) is 4.92 Å². The Labute approximate surface area is 170 Å². The molecule has 4 amide bonds. The Hall–Kier alpha value is -2.97. The number of imide groups is 1. The number of carbonyl (C=O) groups is 3. The van der Waals surface area contributed by atoms with Crippen LogP contribution in [-0.2, 0) is 15.1 Å². The average Bonchev–Trinajstić information content (AvgIpc) is 2.84. The Morgan fingerprint density at radius 3 is 2.31 bits per heavy atom. The second-order valence-corrected chi connectivity index (χ2v) is 8.34. The van der Waals surface area contributed by atoms with Gasteiger partial charge in [0.2, 0.25) is 5.91 Å². The molecule has 1 unspecified atom stereocenters. The summed E-state index contributed by atoms with van der Waals surface area (Å²) >= 11 is 0. The molecule has 9 nitrogen and oxygen atoms in total. The highest BCUT2D eigenvalue weighted by Crippen LogP contribution is 2.30. The average molecular weight is 404 g/mol. The highest BCUT2D eigenvalue weighted by Gasteiger charge is 2.50. The van der Waals surface area contributed by atoms with E-state index in [2.05, 4.69) is 5.32 Å². The van der Waals surface area contributed by atoms with E-state index >= 15 is 0 Å². The zero-order valence-electron chi connectivity index (χ0n) is 17.5. The molecule has 1 fully saturated rings. The summed E-state index contributed by atoms with van der Waals surface area (Å²) in [7, 11) is 0. The lowest BCUT2D eigenvalue weighted by atomic mass is 9.91. The zero-order valence-corrected chi connectivity index (χ0v) is 17.5. The summed E-state index contributed by atoms with van der Waals surface area (Å²) in [5.74, 6) is -0.420. The van der Waals surface area contributed by atoms with Crippen molar-refractivity contribution in [2.45, 2.75) is 40.2 Å². The molecule has 1 aromatic carbocycles. The molecule has 158 valence electrons. The number of urea groups is 1. The van der Waals surface area contributed by atoms with Gasteiger partial charge in [-0.3, -0.25) is 24.6 Å². The maximum atomic E-state index is 13.0. The minimum Gasteiger partial charge on any atom is -0.341 e. The first-order valence-corrected chi connectivity index (χ1v) is 9.62. The van der Waals surface area contributed by atoms with Crippen molar-refractivity contribution in [1.82, 2.24) is 15.1 Å². The summed E-state index contributed by atoms with van der Waals surface area (Å²) in [6, 6.07) is 4.88. The van der Waals surface area contributed by atoms with Crippen molar-refractivity contribution in [3.8, 4) is 0 Å². The van der Waals surface area contributed by atoms with Gasteiger partial charge in [0.25, 0.3) is 11.6 Å². The quantitative estimate of drug-likeness (QED) is 0.406. The van der Waals surface area contributed by atoms with Gasteiger partial charge in [-0.1, -0.05) is 39.8 Å². The van der Waals surface area contributed by atoms with Crippen molar-refractivity contribution in [3.05, 3.63) is 39.9 Å². The second-order valence-electron chi connectivity index (χ2n) is 8.34. The number of rotatable bonds is 8.